The van der Waals surface area contributed by atoms with E-state index in [2.05, 4.69) is 15.6 Å². The van der Waals surface area contributed by atoms with Crippen molar-refractivity contribution in [2.24, 2.45) is 7.05 Å². The van der Waals surface area contributed by atoms with Crippen LogP contribution >= 0.6 is 0 Å². The molecule has 21 saturated heterocycles. The molecule has 23 N–H and O–H groups in total. The molecule has 534 valence electrons. The second-order valence-corrected chi connectivity index (χ2v) is 23.5. The zero-order valence-electron chi connectivity index (χ0n) is 49.3. The van der Waals surface area contributed by atoms with Crippen molar-refractivity contribution in [2.45, 2.75) is 234 Å². The Hall–Kier alpha value is -3.25. The largest absolute Gasteiger partial charge is 0.480 e. The van der Waals surface area contributed by atoms with Gasteiger partial charge in [-0.05, 0) is 0 Å². The number of carbonyl (C=O) groups is 2. The number of carboxylic acid groups (broad SMARTS) is 1. The second-order valence-electron chi connectivity index (χ2n) is 23.5. The Morgan fingerprint density at radius 3 is 0.914 bits per heavy atom. The van der Waals surface area contributed by atoms with Crippen LogP contribution in [0.25, 0.3) is 0 Å². The Labute approximate surface area is 526 Å². The van der Waals surface area contributed by atoms with Gasteiger partial charge in [0.1, 0.15) is 171 Å². The van der Waals surface area contributed by atoms with Crippen LogP contribution in [0.15, 0.2) is 12.5 Å². The third kappa shape index (κ3) is 15.6. The molecule has 21 aliphatic rings. The van der Waals surface area contributed by atoms with Gasteiger partial charge in [0.05, 0.1) is 58.6 Å². The first kappa shape index (κ1) is 74.0. The van der Waals surface area contributed by atoms with Crippen LogP contribution in [0.4, 0.5) is 0 Å². The standard InChI is InChI=1S/C52H84N4O37/c1-56-13-53-5-14(56)4-15(45(78)79)55-23(64)2-3-54-24-25(65)46-80-16(6-57)38(24)87-47-32(72)26(66)40(18(8-59)81-47)89-49-34(74)28(68)42(20(10-61)83-49)91-51-36(76)30(70)44(22(12-63)85-51)93-52-37(77)31(71)43(21(11-62)86-52)92-50-35(75)29(69)41(19(9-60)84-50)90-48-33(73)27(67)39(88-46)17(7-58)82-48/h5,13,15-22,24-44,46-52,54,57-63,65-77H,2-4,6-12H2,1H3,(H,55,64)(H,78,79)/t15?,16-,17-,18-,19-,20-,21-,22-,24-,25-,26-,27-,28-,29-,30-,31-,32-,33-,34-,35-,36-,37-,38?,39?,40?,41?,42?,43?,44?,46?,47?,48?,49?,50?,51?,52?/m1/s1. The van der Waals surface area contributed by atoms with Crippen LogP contribution in [0.5, 0.6) is 0 Å². The smallest absolute Gasteiger partial charge is 0.326 e. The maximum atomic E-state index is 13.4. The van der Waals surface area contributed by atoms with Crippen molar-refractivity contribution < 1.29 is 183 Å². The highest BCUT2D eigenvalue weighted by atomic mass is 16.8. The molecule has 1 amide bonds. The molecule has 0 saturated carbocycles. The number of hydrogen-bond acceptors (Lipinski definition) is 38. The molecule has 1 aromatic heterocycles. The summed E-state index contributed by atoms with van der Waals surface area (Å²) in [6.45, 7) is -8.05. The molecule has 0 aliphatic carbocycles. The molecule has 14 bridgehead atoms. The van der Waals surface area contributed by atoms with E-state index in [0.29, 0.717) is 5.69 Å². The highest BCUT2D eigenvalue weighted by Crippen LogP contribution is 2.39. The number of aryl methyl sites for hydroxylation is 1. The Morgan fingerprint density at radius 2 is 0.667 bits per heavy atom. The minimum atomic E-state index is -2.28. The van der Waals surface area contributed by atoms with Crippen LogP contribution in [-0.2, 0) is 89.4 Å². The Bertz CT molecular complexity index is 2500. The van der Waals surface area contributed by atoms with Crippen LogP contribution in [0, 0.1) is 0 Å². The zero-order chi connectivity index (χ0) is 67.6. The summed E-state index contributed by atoms with van der Waals surface area (Å²) >= 11 is 0. The molecule has 36 atom stereocenters. The summed E-state index contributed by atoms with van der Waals surface area (Å²) in [5.41, 5.74) is 0.440. The molecule has 1 aromatic rings. The van der Waals surface area contributed by atoms with E-state index in [1.165, 1.54) is 17.1 Å². The molecule has 0 spiro atoms. The van der Waals surface area contributed by atoms with E-state index in [4.69, 9.17) is 66.3 Å². The highest BCUT2D eigenvalue weighted by Gasteiger charge is 2.60. The van der Waals surface area contributed by atoms with Gasteiger partial charge in [0, 0.05) is 38.3 Å². The van der Waals surface area contributed by atoms with Crippen molar-refractivity contribution in [3.8, 4) is 0 Å². The molecule has 93 heavy (non-hydrogen) atoms. The van der Waals surface area contributed by atoms with Crippen molar-refractivity contribution in [2.75, 3.05) is 52.8 Å². The zero-order valence-corrected chi connectivity index (χ0v) is 49.3. The van der Waals surface area contributed by atoms with Crippen LogP contribution in [-0.4, -0.2) is 402 Å². The van der Waals surface area contributed by atoms with Crippen molar-refractivity contribution in [1.82, 2.24) is 20.2 Å². The lowest BCUT2D eigenvalue weighted by molar-refractivity contribution is -0.396. The van der Waals surface area contributed by atoms with E-state index in [1.807, 2.05) is 0 Å². The predicted molar refractivity (Wildman–Crippen MR) is 285 cm³/mol. The monoisotopic (exact) mass is 1360 g/mol. The van der Waals surface area contributed by atoms with Gasteiger partial charge in [-0.15, -0.1) is 0 Å². The van der Waals surface area contributed by atoms with E-state index in [9.17, 15) is 117 Å². The summed E-state index contributed by atoms with van der Waals surface area (Å²) < 4.78 is 82.9. The summed E-state index contributed by atoms with van der Waals surface area (Å²) in [4.78, 5) is 29.6. The number of amides is 1. The number of carbonyl (C=O) groups excluding carboxylic acids is 1. The number of aliphatic hydroxyl groups is 20. The third-order valence-electron chi connectivity index (χ3n) is 17.5. The average Bonchev–Trinajstić information content (AvgIpc) is 1.12. The number of imidazole rings is 1. The van der Waals surface area contributed by atoms with Crippen LogP contribution in [0.1, 0.15) is 12.1 Å². The molecule has 0 aromatic carbocycles. The maximum Gasteiger partial charge on any atom is 0.326 e. The number of aliphatic carboxylic acids is 1. The number of carboxylic acids is 1. The molecule has 15 unspecified atom stereocenters. The van der Waals surface area contributed by atoms with Crippen molar-refractivity contribution in [3.05, 3.63) is 18.2 Å². The molecule has 21 fully saturated rings. The Balaban J connectivity index is 1.01. The number of aromatic nitrogens is 2. The molecule has 21 aliphatic heterocycles. The SMILES string of the molecule is Cn1cncc1CC(NC(=O)CCN[C@H]1C2OC3O[C@H](CO)C(OC4O[C@H](CO)C(OC5O[C@H](CO)C(OC6O[C@H](CO)C(OC7O[C@H](CO)C(OC8O[C@H](CO)C(OC(O[C@@H]2CO)[C@@H]1O)[C@H](O)[C@H]8O)[C@H](O)[C@H]7O)[C@H](O)[C@H]6O)[C@H](O)[C@H]5O)[C@H](O)[C@H]4O)[C@H](O)[C@H]3O)C(=O)O. The van der Waals surface area contributed by atoms with Gasteiger partial charge in [-0.25, -0.2) is 9.78 Å². The third-order valence-corrected chi connectivity index (χ3v) is 17.5. The van der Waals surface area contributed by atoms with Crippen LogP contribution < -0.4 is 10.6 Å². The topological polar surface area (TPSA) is 630 Å². The molecular formula is C52H84N4O37. The number of hydrogen-bond donors (Lipinski definition) is 23. The first-order chi connectivity index (χ1) is 44.3. The van der Waals surface area contributed by atoms with Crippen molar-refractivity contribution in [1.29, 1.82) is 0 Å². The average molecular weight is 1360 g/mol. The molecule has 41 heteroatoms. The van der Waals surface area contributed by atoms with Gasteiger partial charge >= 0.3 is 5.97 Å². The van der Waals surface area contributed by atoms with Gasteiger partial charge in [0.15, 0.2) is 44.0 Å². The van der Waals surface area contributed by atoms with Gasteiger partial charge in [-0.3, -0.25) is 4.79 Å². The summed E-state index contributed by atoms with van der Waals surface area (Å²) in [5.74, 6) is -2.27. The van der Waals surface area contributed by atoms with Gasteiger partial charge in [-0.1, -0.05) is 0 Å². The van der Waals surface area contributed by atoms with E-state index in [1.54, 1.807) is 7.05 Å². The first-order valence-corrected chi connectivity index (χ1v) is 29.8. The number of ether oxygens (including phenoxy) is 14. The lowest BCUT2D eigenvalue weighted by Crippen LogP contribution is -2.70. The first-order valence-electron chi connectivity index (χ1n) is 29.8. The van der Waals surface area contributed by atoms with Gasteiger partial charge in [-0.2, -0.15) is 0 Å². The van der Waals surface area contributed by atoms with Crippen molar-refractivity contribution in [3.63, 3.8) is 0 Å². The molecule has 22 heterocycles. The minimum absolute atomic E-state index is 0.198. The molecule has 41 nitrogen and oxygen atoms in total. The maximum absolute atomic E-state index is 13.4. The van der Waals surface area contributed by atoms with E-state index >= 15 is 0 Å². The second kappa shape index (κ2) is 32.2. The Morgan fingerprint density at radius 1 is 0.409 bits per heavy atom. The van der Waals surface area contributed by atoms with Gasteiger partial charge < -0.3 is 189 Å². The quantitative estimate of drug-likeness (QED) is 0.0775. The van der Waals surface area contributed by atoms with E-state index in [-0.39, 0.29) is 6.42 Å². The molecule has 0 radical (unpaired) electrons. The Kier molecular flexibility index (Phi) is 25.6. The number of nitrogens with one attached hydrogen (secondary N) is 2. The van der Waals surface area contributed by atoms with Gasteiger partial charge in [0.2, 0.25) is 5.91 Å². The fourth-order valence-electron chi connectivity index (χ4n) is 12.3. The number of aliphatic hydroxyl groups excluding tert-OH is 20. The molecule has 22 rings (SSSR count). The van der Waals surface area contributed by atoms with Gasteiger partial charge in [0.25, 0.3) is 0 Å². The summed E-state index contributed by atoms with van der Waals surface area (Å²) in [7, 11) is 1.60. The fourth-order valence-corrected chi connectivity index (χ4v) is 12.3. The lowest BCUT2D eigenvalue weighted by Gasteiger charge is -2.50. The molecular weight excluding hydrogens is 1270 g/mol. The number of rotatable bonds is 15. The van der Waals surface area contributed by atoms with Crippen LogP contribution in [0.2, 0.25) is 0 Å². The summed E-state index contributed by atoms with van der Waals surface area (Å²) in [6, 6.07) is -3.17. The van der Waals surface area contributed by atoms with E-state index in [0.717, 1.165) is 0 Å². The normalized spacial score (nSPS) is 48.1. The lowest BCUT2D eigenvalue weighted by atomic mass is 9.93. The number of nitrogens with zero attached hydrogens (tertiary/aromatic N) is 2. The van der Waals surface area contributed by atoms with Crippen molar-refractivity contribution >= 4 is 11.9 Å². The minimum Gasteiger partial charge on any atom is -0.480 e. The van der Waals surface area contributed by atoms with Crippen LogP contribution in [0.3, 0.4) is 0 Å². The summed E-state index contributed by atoms with van der Waals surface area (Å²) in [5, 5.41) is 239. The van der Waals surface area contributed by atoms with E-state index < -0.39 is 292 Å². The summed E-state index contributed by atoms with van der Waals surface area (Å²) in [6.07, 6.45) is -67.4. The highest BCUT2D eigenvalue weighted by molar-refractivity contribution is 5.83. The fraction of sp³-hybridized carbons (Fsp3) is 0.904. The predicted octanol–water partition coefficient (Wildman–Crippen LogP) is -15.7.